The minimum atomic E-state index is -3.52. The van der Waals surface area contributed by atoms with Crippen LogP contribution in [0.3, 0.4) is 0 Å². The van der Waals surface area contributed by atoms with E-state index in [0.29, 0.717) is 9.75 Å². The predicted molar refractivity (Wildman–Crippen MR) is 74.2 cm³/mol. The quantitative estimate of drug-likeness (QED) is 0.816. The zero-order valence-corrected chi connectivity index (χ0v) is 12.5. The summed E-state index contributed by atoms with van der Waals surface area (Å²) >= 11 is 1.31. The maximum Gasteiger partial charge on any atom is 0.244 e. The molecule has 1 N–H and O–H groups in total. The molecule has 0 saturated carbocycles. The summed E-state index contributed by atoms with van der Waals surface area (Å²) in [5.41, 5.74) is 0. The number of hydrogen-bond donors (Lipinski definition) is 1. The first-order valence-electron chi connectivity index (χ1n) is 5.67. The molecule has 1 aromatic heterocycles. The van der Waals surface area contributed by atoms with E-state index in [1.165, 1.54) is 15.6 Å². The third-order valence-corrected chi connectivity index (χ3v) is 5.88. The van der Waals surface area contributed by atoms with Gasteiger partial charge in [0, 0.05) is 22.3 Å². The lowest BCUT2D eigenvalue weighted by Crippen LogP contribution is -2.37. The van der Waals surface area contributed by atoms with Crippen LogP contribution in [0.25, 0.3) is 0 Å². The third kappa shape index (κ3) is 3.00. The second kappa shape index (κ2) is 5.97. The van der Waals surface area contributed by atoms with Crippen molar-refractivity contribution in [3.63, 3.8) is 0 Å². The van der Waals surface area contributed by atoms with Crippen LogP contribution in [0.5, 0.6) is 0 Å². The Labute approximate surface area is 113 Å². The van der Waals surface area contributed by atoms with Gasteiger partial charge in [0.2, 0.25) is 10.0 Å². The predicted octanol–water partition coefficient (Wildman–Crippen LogP) is 2.13. The van der Waals surface area contributed by atoms with Crippen LogP contribution < -0.4 is 0 Å². The lowest BCUT2D eigenvalue weighted by molar-refractivity contribution is 0.285. The lowest BCUT2D eigenvalue weighted by Gasteiger charge is -2.24. The van der Waals surface area contributed by atoms with E-state index in [1.807, 2.05) is 13.8 Å². The smallest absolute Gasteiger partial charge is 0.244 e. The molecule has 0 aromatic carbocycles. The number of aliphatic hydroxyl groups excluding tert-OH is 1. The summed E-state index contributed by atoms with van der Waals surface area (Å²) in [7, 11) is -3.52. The van der Waals surface area contributed by atoms with Crippen molar-refractivity contribution >= 4 is 21.4 Å². The van der Waals surface area contributed by atoms with Gasteiger partial charge in [-0.05, 0) is 26.8 Å². The van der Waals surface area contributed by atoms with Crippen LogP contribution in [0.1, 0.15) is 23.6 Å². The molecule has 0 radical (unpaired) electrons. The van der Waals surface area contributed by atoms with Crippen LogP contribution >= 0.6 is 11.3 Å². The molecule has 0 aliphatic carbocycles. The lowest BCUT2D eigenvalue weighted by atomic mass is 10.4. The number of rotatable bonds is 6. The van der Waals surface area contributed by atoms with E-state index >= 15 is 0 Å². The molecule has 0 unspecified atom stereocenters. The molecule has 1 heterocycles. The average Bonchev–Trinajstić information content (AvgIpc) is 2.67. The van der Waals surface area contributed by atoms with Gasteiger partial charge in [0.25, 0.3) is 0 Å². The van der Waals surface area contributed by atoms with Gasteiger partial charge in [-0.15, -0.1) is 17.9 Å². The normalized spacial score (nSPS) is 12.3. The highest BCUT2D eigenvalue weighted by molar-refractivity contribution is 7.89. The van der Waals surface area contributed by atoms with E-state index in [1.54, 1.807) is 19.1 Å². The molecular weight excluding hydrogens is 270 g/mol. The average molecular weight is 289 g/mol. The topological polar surface area (TPSA) is 57.6 Å². The van der Waals surface area contributed by atoms with Crippen molar-refractivity contribution in [1.29, 1.82) is 0 Å². The molecule has 0 amide bonds. The largest absolute Gasteiger partial charge is 0.391 e. The van der Waals surface area contributed by atoms with Gasteiger partial charge in [-0.2, -0.15) is 4.31 Å². The van der Waals surface area contributed by atoms with Crippen molar-refractivity contribution in [2.45, 2.75) is 38.3 Å². The highest BCUT2D eigenvalue weighted by atomic mass is 32.2. The van der Waals surface area contributed by atoms with Crippen molar-refractivity contribution in [1.82, 2.24) is 4.31 Å². The van der Waals surface area contributed by atoms with E-state index < -0.39 is 10.0 Å². The molecule has 18 heavy (non-hydrogen) atoms. The van der Waals surface area contributed by atoms with E-state index in [4.69, 9.17) is 5.11 Å². The maximum atomic E-state index is 12.5. The van der Waals surface area contributed by atoms with Gasteiger partial charge in [0.15, 0.2) is 0 Å². The minimum absolute atomic E-state index is 0.134. The number of thiophene rings is 1. The molecule has 0 fully saturated rings. The van der Waals surface area contributed by atoms with Crippen LogP contribution in [0.4, 0.5) is 0 Å². The minimum Gasteiger partial charge on any atom is -0.391 e. The van der Waals surface area contributed by atoms with Crippen molar-refractivity contribution < 1.29 is 13.5 Å². The van der Waals surface area contributed by atoms with Crippen molar-refractivity contribution in [3.05, 3.63) is 28.5 Å². The Balaban J connectivity index is 3.25. The fraction of sp³-hybridized carbons (Fsp3) is 0.500. The van der Waals surface area contributed by atoms with Gasteiger partial charge in [0.05, 0.1) is 11.5 Å². The molecule has 1 rings (SSSR count). The van der Waals surface area contributed by atoms with Crippen LogP contribution in [0, 0.1) is 6.92 Å². The monoisotopic (exact) mass is 289 g/mol. The summed E-state index contributed by atoms with van der Waals surface area (Å²) in [4.78, 5) is 1.65. The Morgan fingerprint density at radius 3 is 2.56 bits per heavy atom. The summed E-state index contributed by atoms with van der Waals surface area (Å²) in [6.07, 6.45) is 1.58. The zero-order valence-electron chi connectivity index (χ0n) is 10.9. The first-order chi connectivity index (χ1) is 8.34. The number of aryl methyl sites for hydroxylation is 1. The summed E-state index contributed by atoms with van der Waals surface area (Å²) in [6.45, 7) is 9.15. The number of hydrogen-bond acceptors (Lipinski definition) is 4. The van der Waals surface area contributed by atoms with Gasteiger partial charge in [-0.25, -0.2) is 8.42 Å². The molecule has 0 saturated heterocycles. The Kier molecular flexibility index (Phi) is 5.10. The highest BCUT2D eigenvalue weighted by Crippen LogP contribution is 2.29. The van der Waals surface area contributed by atoms with E-state index in [2.05, 4.69) is 6.58 Å². The molecule has 1 aromatic rings. The van der Waals surface area contributed by atoms with Crippen LogP contribution in [0.15, 0.2) is 23.6 Å². The van der Waals surface area contributed by atoms with Gasteiger partial charge >= 0.3 is 0 Å². The Morgan fingerprint density at radius 1 is 1.56 bits per heavy atom. The fourth-order valence-corrected chi connectivity index (χ4v) is 4.77. The van der Waals surface area contributed by atoms with Gasteiger partial charge in [-0.1, -0.05) is 6.08 Å². The first-order valence-corrected chi connectivity index (χ1v) is 7.93. The van der Waals surface area contributed by atoms with E-state index in [9.17, 15) is 8.42 Å². The van der Waals surface area contributed by atoms with E-state index in [-0.39, 0.29) is 24.1 Å². The van der Waals surface area contributed by atoms with Crippen molar-refractivity contribution in [3.8, 4) is 0 Å². The zero-order chi connectivity index (χ0) is 13.9. The molecule has 0 aliphatic heterocycles. The number of nitrogens with zero attached hydrogens (tertiary/aromatic N) is 1. The SMILES string of the molecule is C=CCN(C(C)C)S(=O)(=O)c1cc(CO)sc1C. The molecule has 4 nitrogen and oxygen atoms in total. The Hall–Kier alpha value is -0.690. The maximum absolute atomic E-state index is 12.5. The standard InChI is InChI=1S/C12H19NO3S2/c1-5-6-13(9(2)3)18(15,16)12-7-11(8-14)17-10(12)4/h5,7,9,14H,1,6,8H2,2-4H3. The molecule has 0 atom stereocenters. The number of aliphatic hydroxyl groups is 1. The molecule has 0 aliphatic rings. The van der Waals surface area contributed by atoms with Crippen LogP contribution in [-0.4, -0.2) is 30.4 Å². The van der Waals surface area contributed by atoms with Crippen molar-refractivity contribution in [2.24, 2.45) is 0 Å². The Bertz CT molecular complexity index is 517. The fourth-order valence-electron chi connectivity index (χ4n) is 1.70. The first kappa shape index (κ1) is 15.4. The molecule has 0 bridgehead atoms. The molecular formula is C12H19NO3S2. The molecule has 102 valence electrons. The highest BCUT2D eigenvalue weighted by Gasteiger charge is 2.28. The van der Waals surface area contributed by atoms with Crippen LogP contribution in [-0.2, 0) is 16.6 Å². The van der Waals surface area contributed by atoms with Crippen molar-refractivity contribution in [2.75, 3.05) is 6.54 Å². The molecule has 6 heteroatoms. The summed E-state index contributed by atoms with van der Waals surface area (Å²) in [6, 6.07) is 1.42. The van der Waals surface area contributed by atoms with Gasteiger partial charge in [0.1, 0.15) is 0 Å². The van der Waals surface area contributed by atoms with Crippen LogP contribution in [0.2, 0.25) is 0 Å². The second-order valence-corrected chi connectivity index (χ2v) is 7.45. The molecule has 0 spiro atoms. The summed E-state index contributed by atoms with van der Waals surface area (Å²) in [5, 5.41) is 9.08. The summed E-state index contributed by atoms with van der Waals surface area (Å²) in [5.74, 6) is 0. The third-order valence-electron chi connectivity index (χ3n) is 2.55. The second-order valence-electron chi connectivity index (χ2n) is 4.25. The van der Waals surface area contributed by atoms with Gasteiger partial charge < -0.3 is 5.11 Å². The number of sulfonamides is 1. The van der Waals surface area contributed by atoms with E-state index in [0.717, 1.165) is 0 Å². The van der Waals surface area contributed by atoms with Gasteiger partial charge in [-0.3, -0.25) is 0 Å². The Morgan fingerprint density at radius 2 is 2.17 bits per heavy atom. The summed E-state index contributed by atoms with van der Waals surface area (Å²) < 4.78 is 26.4.